The highest BCUT2D eigenvalue weighted by atomic mass is 14.6. The van der Waals surface area contributed by atoms with E-state index in [1.165, 1.54) is 25.7 Å². The summed E-state index contributed by atoms with van der Waals surface area (Å²) in [6.45, 7) is 4.74. The molecule has 0 aliphatic heterocycles. The molecule has 0 radical (unpaired) electrons. The predicted molar refractivity (Wildman–Crippen MR) is 50.8 cm³/mol. The van der Waals surface area contributed by atoms with Crippen molar-refractivity contribution in [2.45, 2.75) is 39.5 Å². The van der Waals surface area contributed by atoms with E-state index in [1.54, 1.807) is 11.1 Å². The van der Waals surface area contributed by atoms with Gasteiger partial charge >= 0.3 is 0 Å². The smallest absolute Gasteiger partial charge is 0.0141 e. The van der Waals surface area contributed by atoms with E-state index in [2.05, 4.69) is 13.8 Å². The minimum absolute atomic E-state index is 1.04. The summed E-state index contributed by atoms with van der Waals surface area (Å²) in [4.78, 5) is 0. The fraction of sp³-hybridized carbons (Fsp3) is 0.833. The molecule has 4 aliphatic carbocycles. The molecule has 0 N–H and O–H groups in total. The van der Waals surface area contributed by atoms with Gasteiger partial charge in [-0.15, -0.1) is 0 Å². The van der Waals surface area contributed by atoms with Crippen molar-refractivity contribution in [3.63, 3.8) is 0 Å². The summed E-state index contributed by atoms with van der Waals surface area (Å²) < 4.78 is 0. The summed E-state index contributed by atoms with van der Waals surface area (Å²) in [7, 11) is 0. The van der Waals surface area contributed by atoms with Gasteiger partial charge in [0, 0.05) is 0 Å². The first-order chi connectivity index (χ1) is 5.79. The molecule has 66 valence electrons. The van der Waals surface area contributed by atoms with Crippen molar-refractivity contribution in [2.24, 2.45) is 23.7 Å². The van der Waals surface area contributed by atoms with Crippen molar-refractivity contribution < 1.29 is 0 Å². The average molecular weight is 162 g/mol. The summed E-state index contributed by atoms with van der Waals surface area (Å²) in [5.41, 5.74) is 3.49. The fourth-order valence-electron chi connectivity index (χ4n) is 4.14. The fourth-order valence-corrected chi connectivity index (χ4v) is 4.14. The zero-order chi connectivity index (χ0) is 8.29. The number of fused-ring (bicyclic) bond motifs is 1. The Bertz CT molecular complexity index is 237. The second kappa shape index (κ2) is 2.16. The van der Waals surface area contributed by atoms with Crippen LogP contribution in [0.25, 0.3) is 0 Å². The Labute approximate surface area is 75.0 Å². The van der Waals surface area contributed by atoms with Gasteiger partial charge < -0.3 is 0 Å². The van der Waals surface area contributed by atoms with Crippen LogP contribution in [0, 0.1) is 23.7 Å². The normalized spacial score (nSPS) is 50.5. The van der Waals surface area contributed by atoms with E-state index < -0.39 is 0 Å². The molecule has 2 fully saturated rings. The molecule has 0 spiro atoms. The topological polar surface area (TPSA) is 0 Å². The quantitative estimate of drug-likeness (QED) is 0.479. The van der Waals surface area contributed by atoms with Gasteiger partial charge in [-0.3, -0.25) is 0 Å². The Morgan fingerprint density at radius 1 is 1.00 bits per heavy atom. The van der Waals surface area contributed by atoms with E-state index in [0.29, 0.717) is 0 Å². The van der Waals surface area contributed by atoms with E-state index in [1.807, 2.05) is 0 Å². The van der Waals surface area contributed by atoms with Gasteiger partial charge in [0.25, 0.3) is 0 Å². The van der Waals surface area contributed by atoms with Crippen molar-refractivity contribution in [1.29, 1.82) is 0 Å². The van der Waals surface area contributed by atoms with E-state index >= 15 is 0 Å². The molecule has 2 saturated carbocycles. The van der Waals surface area contributed by atoms with Crippen molar-refractivity contribution >= 4 is 0 Å². The van der Waals surface area contributed by atoms with Crippen molar-refractivity contribution in [3.8, 4) is 0 Å². The Morgan fingerprint density at radius 3 is 2.25 bits per heavy atom. The lowest BCUT2D eigenvalue weighted by molar-refractivity contribution is -0.0593. The summed E-state index contributed by atoms with van der Waals surface area (Å²) in [5.74, 6) is 4.39. The average Bonchev–Trinajstić information content (AvgIpc) is 2.11. The molecule has 4 bridgehead atoms. The Kier molecular flexibility index (Phi) is 1.29. The molecule has 2 unspecified atom stereocenters. The van der Waals surface area contributed by atoms with E-state index in [0.717, 1.165) is 23.7 Å². The van der Waals surface area contributed by atoms with Crippen LogP contribution in [0.2, 0.25) is 0 Å². The van der Waals surface area contributed by atoms with Crippen LogP contribution in [0.3, 0.4) is 0 Å². The highest BCUT2D eigenvalue weighted by Gasteiger charge is 2.54. The number of rotatable bonds is 0. The zero-order valence-corrected chi connectivity index (χ0v) is 8.14. The SMILES string of the molecule is CC1=C(C)C2C3CCCC2C3C1. The lowest BCUT2D eigenvalue weighted by atomic mass is 9.44. The molecule has 0 nitrogen and oxygen atoms in total. The summed E-state index contributed by atoms with van der Waals surface area (Å²) in [5, 5.41) is 0. The monoisotopic (exact) mass is 162 g/mol. The molecule has 0 heterocycles. The second-order valence-electron chi connectivity index (χ2n) is 5.12. The van der Waals surface area contributed by atoms with Crippen LogP contribution in [0.4, 0.5) is 0 Å². The Balaban J connectivity index is 1.98. The summed E-state index contributed by atoms with van der Waals surface area (Å²) >= 11 is 0. The summed E-state index contributed by atoms with van der Waals surface area (Å²) in [6.07, 6.45) is 6.04. The number of allylic oxidation sites excluding steroid dienone is 2. The minimum Gasteiger partial charge on any atom is -0.0738 e. The zero-order valence-electron chi connectivity index (χ0n) is 8.14. The molecule has 0 amide bonds. The van der Waals surface area contributed by atoms with Crippen molar-refractivity contribution in [2.75, 3.05) is 0 Å². The molecule has 4 rings (SSSR count). The third kappa shape index (κ3) is 0.654. The van der Waals surface area contributed by atoms with Crippen LogP contribution in [0.5, 0.6) is 0 Å². The lowest BCUT2D eigenvalue weighted by Crippen LogP contribution is -2.53. The van der Waals surface area contributed by atoms with Crippen molar-refractivity contribution in [1.82, 2.24) is 0 Å². The van der Waals surface area contributed by atoms with Gasteiger partial charge in [0.05, 0.1) is 0 Å². The van der Waals surface area contributed by atoms with Gasteiger partial charge in [0.2, 0.25) is 0 Å². The summed E-state index contributed by atoms with van der Waals surface area (Å²) in [6, 6.07) is 0. The molecule has 0 aromatic rings. The minimum atomic E-state index is 1.04. The molecular weight excluding hydrogens is 144 g/mol. The molecule has 2 atom stereocenters. The van der Waals surface area contributed by atoms with Crippen LogP contribution in [-0.2, 0) is 0 Å². The number of hydrogen-bond acceptors (Lipinski definition) is 0. The van der Waals surface area contributed by atoms with Gasteiger partial charge in [-0.1, -0.05) is 17.6 Å². The molecule has 0 aromatic carbocycles. The van der Waals surface area contributed by atoms with Crippen molar-refractivity contribution in [3.05, 3.63) is 11.1 Å². The Morgan fingerprint density at radius 2 is 1.67 bits per heavy atom. The third-order valence-electron chi connectivity index (χ3n) is 4.81. The van der Waals surface area contributed by atoms with Gasteiger partial charge in [-0.2, -0.15) is 0 Å². The Hall–Kier alpha value is -0.260. The maximum Gasteiger partial charge on any atom is -0.0141 e. The molecule has 4 aliphatic rings. The molecule has 0 aromatic heterocycles. The lowest BCUT2D eigenvalue weighted by Gasteiger charge is -2.61. The highest BCUT2D eigenvalue weighted by molar-refractivity contribution is 5.28. The van der Waals surface area contributed by atoms with Gasteiger partial charge in [-0.05, 0) is 56.8 Å². The predicted octanol–water partition coefficient (Wildman–Crippen LogP) is 3.39. The first-order valence-electron chi connectivity index (χ1n) is 5.45. The maximum atomic E-state index is 2.39. The van der Waals surface area contributed by atoms with Gasteiger partial charge in [0.15, 0.2) is 0 Å². The molecule has 0 heteroatoms. The van der Waals surface area contributed by atoms with Gasteiger partial charge in [0.1, 0.15) is 0 Å². The van der Waals surface area contributed by atoms with E-state index in [4.69, 9.17) is 0 Å². The van der Waals surface area contributed by atoms with E-state index in [-0.39, 0.29) is 0 Å². The highest BCUT2D eigenvalue weighted by Crippen LogP contribution is 2.63. The first kappa shape index (κ1) is 7.17. The van der Waals surface area contributed by atoms with E-state index in [9.17, 15) is 0 Å². The third-order valence-corrected chi connectivity index (χ3v) is 4.81. The maximum absolute atomic E-state index is 2.39. The van der Waals surface area contributed by atoms with Crippen LogP contribution in [0.1, 0.15) is 39.5 Å². The molecular formula is C12H18. The van der Waals surface area contributed by atoms with Gasteiger partial charge in [-0.25, -0.2) is 0 Å². The second-order valence-corrected chi connectivity index (χ2v) is 5.12. The molecule has 12 heavy (non-hydrogen) atoms. The van der Waals surface area contributed by atoms with Crippen LogP contribution < -0.4 is 0 Å². The largest absolute Gasteiger partial charge is 0.0738 e. The first-order valence-corrected chi connectivity index (χ1v) is 5.45. The molecule has 0 saturated heterocycles. The van der Waals surface area contributed by atoms with Crippen LogP contribution in [-0.4, -0.2) is 0 Å². The van der Waals surface area contributed by atoms with Crippen LogP contribution in [0.15, 0.2) is 11.1 Å². The number of hydrogen-bond donors (Lipinski definition) is 0. The standard InChI is InChI=1S/C12H18/c1-7-6-11-9-4-3-5-10(11)12(9)8(7)2/h9-12H,3-6H2,1-2H3. The van der Waals surface area contributed by atoms with Crippen LogP contribution >= 0.6 is 0 Å².